The van der Waals surface area contributed by atoms with Crippen LogP contribution in [0.3, 0.4) is 0 Å². The minimum absolute atomic E-state index is 0.0393. The molecule has 7 nitrogen and oxygen atoms in total. The van der Waals surface area contributed by atoms with Crippen LogP contribution in [-0.4, -0.2) is 53.3 Å². The van der Waals surface area contributed by atoms with E-state index in [1.54, 1.807) is 34.9 Å². The number of urea groups is 1. The summed E-state index contributed by atoms with van der Waals surface area (Å²) in [5.41, 5.74) is 1.19. The van der Waals surface area contributed by atoms with Crippen LogP contribution in [0.2, 0.25) is 0 Å². The van der Waals surface area contributed by atoms with Crippen LogP contribution in [0.5, 0.6) is 0 Å². The van der Waals surface area contributed by atoms with Gasteiger partial charge in [0.25, 0.3) is 11.8 Å². The fraction of sp³-hybridized carbons (Fsp3) is 0.381. The zero-order chi connectivity index (χ0) is 19.8. The Bertz CT molecular complexity index is 913. The van der Waals surface area contributed by atoms with Gasteiger partial charge in [0.05, 0.1) is 11.3 Å². The molecule has 2 aliphatic heterocycles. The van der Waals surface area contributed by atoms with Crippen molar-refractivity contribution in [2.24, 2.45) is 0 Å². The van der Waals surface area contributed by atoms with E-state index in [9.17, 15) is 14.4 Å². The molecule has 0 bridgehead atoms. The first kappa shape index (κ1) is 18.3. The predicted molar refractivity (Wildman–Crippen MR) is 103 cm³/mol. The van der Waals surface area contributed by atoms with Crippen LogP contribution in [0.25, 0.3) is 0 Å². The SMILES string of the molecule is Cc1cc(C(=O)N2CCC(N3CC(=O)N(c4ccccc4)C3=O)CC2)c(C)o1. The largest absolute Gasteiger partial charge is 0.466 e. The summed E-state index contributed by atoms with van der Waals surface area (Å²) in [6.45, 7) is 4.81. The number of carbonyl (C=O) groups excluding carboxylic acids is 3. The van der Waals surface area contributed by atoms with E-state index < -0.39 is 0 Å². The third-order valence-electron chi connectivity index (χ3n) is 5.47. The Kier molecular flexibility index (Phi) is 4.66. The number of hydrogen-bond donors (Lipinski definition) is 0. The molecule has 4 rings (SSSR count). The molecule has 2 aliphatic rings. The second kappa shape index (κ2) is 7.14. The maximum atomic E-state index is 12.8. The number of hydrogen-bond acceptors (Lipinski definition) is 4. The molecule has 3 heterocycles. The van der Waals surface area contributed by atoms with Crippen molar-refractivity contribution in [3.63, 3.8) is 0 Å². The van der Waals surface area contributed by atoms with Gasteiger partial charge in [0, 0.05) is 19.1 Å². The number of carbonyl (C=O) groups is 3. The van der Waals surface area contributed by atoms with Gasteiger partial charge < -0.3 is 14.2 Å². The Labute approximate surface area is 163 Å². The van der Waals surface area contributed by atoms with E-state index >= 15 is 0 Å². The highest BCUT2D eigenvalue weighted by atomic mass is 16.3. The van der Waals surface area contributed by atoms with E-state index in [1.807, 2.05) is 25.1 Å². The number of piperidine rings is 1. The molecule has 2 aromatic rings. The molecule has 1 aromatic carbocycles. The number of aryl methyl sites for hydroxylation is 2. The molecule has 2 saturated heterocycles. The van der Waals surface area contributed by atoms with E-state index in [2.05, 4.69) is 0 Å². The Morgan fingerprint density at radius 2 is 1.75 bits per heavy atom. The molecule has 0 saturated carbocycles. The van der Waals surface area contributed by atoms with Gasteiger partial charge in [-0.2, -0.15) is 0 Å². The Morgan fingerprint density at radius 1 is 1.07 bits per heavy atom. The topological polar surface area (TPSA) is 74.1 Å². The van der Waals surface area contributed by atoms with Crippen LogP contribution in [0, 0.1) is 13.8 Å². The molecule has 0 spiro atoms. The highest BCUT2D eigenvalue weighted by Gasteiger charge is 2.41. The van der Waals surface area contributed by atoms with Crippen molar-refractivity contribution in [3.05, 3.63) is 53.5 Å². The van der Waals surface area contributed by atoms with Gasteiger partial charge in [-0.3, -0.25) is 9.59 Å². The smallest absolute Gasteiger partial charge is 0.332 e. The van der Waals surface area contributed by atoms with E-state index in [4.69, 9.17) is 4.42 Å². The van der Waals surface area contributed by atoms with Crippen LogP contribution in [0.4, 0.5) is 10.5 Å². The van der Waals surface area contributed by atoms with Crippen molar-refractivity contribution in [3.8, 4) is 0 Å². The first-order valence-corrected chi connectivity index (χ1v) is 9.50. The van der Waals surface area contributed by atoms with Crippen LogP contribution < -0.4 is 4.90 Å². The van der Waals surface area contributed by atoms with E-state index in [1.165, 1.54) is 4.90 Å². The second-order valence-electron chi connectivity index (χ2n) is 7.33. The molecular formula is C21H23N3O4. The van der Waals surface area contributed by atoms with Crippen LogP contribution in [0.1, 0.15) is 34.7 Å². The number of imide groups is 1. The minimum atomic E-state index is -0.276. The normalized spacial score (nSPS) is 18.3. The zero-order valence-corrected chi connectivity index (χ0v) is 16.1. The molecule has 1 aromatic heterocycles. The number of para-hydroxylation sites is 1. The standard InChI is InChI=1S/C21H23N3O4/c1-14-12-18(15(2)28-14)20(26)22-10-8-16(9-11-22)23-13-19(25)24(21(23)27)17-6-4-3-5-7-17/h3-7,12,16H,8-11,13H2,1-2H3. The fourth-order valence-corrected chi connectivity index (χ4v) is 4.03. The second-order valence-corrected chi connectivity index (χ2v) is 7.33. The highest BCUT2D eigenvalue weighted by molar-refractivity contribution is 6.19. The van der Waals surface area contributed by atoms with Gasteiger partial charge in [-0.05, 0) is 44.9 Å². The number of rotatable bonds is 3. The summed E-state index contributed by atoms with van der Waals surface area (Å²) in [4.78, 5) is 42.7. The van der Waals surface area contributed by atoms with Gasteiger partial charge in [-0.15, -0.1) is 0 Å². The van der Waals surface area contributed by atoms with Crippen molar-refractivity contribution >= 4 is 23.5 Å². The van der Waals surface area contributed by atoms with Crippen molar-refractivity contribution < 1.29 is 18.8 Å². The molecule has 28 heavy (non-hydrogen) atoms. The van der Waals surface area contributed by atoms with Crippen molar-refractivity contribution in [2.45, 2.75) is 32.7 Å². The third-order valence-corrected chi connectivity index (χ3v) is 5.47. The molecule has 0 radical (unpaired) electrons. The van der Waals surface area contributed by atoms with Crippen LogP contribution in [-0.2, 0) is 4.79 Å². The van der Waals surface area contributed by atoms with Crippen molar-refractivity contribution in [2.75, 3.05) is 24.5 Å². The molecule has 7 heteroatoms. The number of anilines is 1. The van der Waals surface area contributed by atoms with Gasteiger partial charge in [-0.1, -0.05) is 18.2 Å². The maximum Gasteiger partial charge on any atom is 0.332 e. The van der Waals surface area contributed by atoms with Gasteiger partial charge >= 0.3 is 6.03 Å². The average molecular weight is 381 g/mol. The molecule has 146 valence electrons. The monoisotopic (exact) mass is 381 g/mol. The van der Waals surface area contributed by atoms with Gasteiger partial charge in [-0.25, -0.2) is 9.69 Å². The minimum Gasteiger partial charge on any atom is -0.466 e. The summed E-state index contributed by atoms with van der Waals surface area (Å²) >= 11 is 0. The number of likely N-dealkylation sites (tertiary alicyclic amines) is 1. The molecule has 4 amide bonds. The summed E-state index contributed by atoms with van der Waals surface area (Å²) in [6, 6.07) is 10.4. The maximum absolute atomic E-state index is 12.8. The summed E-state index contributed by atoms with van der Waals surface area (Å²) in [5, 5.41) is 0. The lowest BCUT2D eigenvalue weighted by Gasteiger charge is -2.36. The van der Waals surface area contributed by atoms with Crippen LogP contribution in [0.15, 0.2) is 40.8 Å². The summed E-state index contributed by atoms with van der Waals surface area (Å²) < 4.78 is 5.47. The third kappa shape index (κ3) is 3.17. The predicted octanol–water partition coefficient (Wildman–Crippen LogP) is 2.97. The van der Waals surface area contributed by atoms with Gasteiger partial charge in [0.2, 0.25) is 0 Å². The van der Waals surface area contributed by atoms with Gasteiger partial charge in [0.1, 0.15) is 18.1 Å². The van der Waals surface area contributed by atoms with Gasteiger partial charge in [0.15, 0.2) is 0 Å². The molecule has 0 aliphatic carbocycles. The summed E-state index contributed by atoms with van der Waals surface area (Å²) in [5.74, 6) is 1.10. The Hall–Kier alpha value is -3.09. The van der Waals surface area contributed by atoms with Crippen LogP contribution >= 0.6 is 0 Å². The fourth-order valence-electron chi connectivity index (χ4n) is 4.03. The number of nitrogens with zero attached hydrogens (tertiary/aromatic N) is 3. The quantitative estimate of drug-likeness (QED) is 0.766. The molecule has 0 atom stereocenters. The summed E-state index contributed by atoms with van der Waals surface area (Å²) in [6.07, 6.45) is 1.31. The zero-order valence-electron chi connectivity index (χ0n) is 16.1. The highest BCUT2D eigenvalue weighted by Crippen LogP contribution is 2.27. The van der Waals surface area contributed by atoms with E-state index in [0.717, 1.165) is 5.76 Å². The molecule has 0 unspecified atom stereocenters. The first-order valence-electron chi connectivity index (χ1n) is 9.50. The number of benzene rings is 1. The lowest BCUT2D eigenvalue weighted by atomic mass is 10.0. The first-order chi connectivity index (χ1) is 13.5. The lowest BCUT2D eigenvalue weighted by Crippen LogP contribution is -2.48. The van der Waals surface area contributed by atoms with E-state index in [-0.39, 0.29) is 30.4 Å². The van der Waals surface area contributed by atoms with Crippen molar-refractivity contribution in [1.82, 2.24) is 9.80 Å². The number of amides is 4. The average Bonchev–Trinajstić information content (AvgIpc) is 3.19. The molecule has 0 N–H and O–H groups in total. The summed E-state index contributed by atoms with van der Waals surface area (Å²) in [7, 11) is 0. The van der Waals surface area contributed by atoms with Crippen molar-refractivity contribution in [1.29, 1.82) is 0 Å². The number of furan rings is 1. The molecular weight excluding hydrogens is 358 g/mol. The molecule has 2 fully saturated rings. The lowest BCUT2D eigenvalue weighted by molar-refractivity contribution is -0.116. The van der Waals surface area contributed by atoms with E-state index in [0.29, 0.717) is 42.9 Å². The Balaban J connectivity index is 1.41. The Morgan fingerprint density at radius 3 is 2.36 bits per heavy atom.